The fourth-order valence-electron chi connectivity index (χ4n) is 2.03. The van der Waals surface area contributed by atoms with E-state index >= 15 is 0 Å². The van der Waals surface area contributed by atoms with Crippen LogP contribution < -0.4 is 9.64 Å². The number of hydrogen-bond donors (Lipinski definition) is 0. The summed E-state index contributed by atoms with van der Waals surface area (Å²) in [5, 5.41) is 0.737. The molecule has 0 fully saturated rings. The Morgan fingerprint density at radius 1 is 1.22 bits per heavy atom. The van der Waals surface area contributed by atoms with Crippen LogP contribution in [0.5, 0.6) is 5.75 Å². The van der Waals surface area contributed by atoms with Crippen molar-refractivity contribution in [1.82, 2.24) is 4.98 Å². The van der Waals surface area contributed by atoms with Crippen molar-refractivity contribution in [3.05, 3.63) is 41.6 Å². The number of halogens is 1. The number of likely N-dealkylation sites (N-methyl/N-ethyl adjacent to an activating group) is 1. The van der Waals surface area contributed by atoms with Gasteiger partial charge in [-0.3, -0.25) is 0 Å². The van der Waals surface area contributed by atoms with E-state index in [1.54, 1.807) is 0 Å². The molecule has 3 rings (SSSR count). The van der Waals surface area contributed by atoms with Crippen molar-refractivity contribution in [2.45, 2.75) is 0 Å². The second-order valence-corrected chi connectivity index (χ2v) is 4.76. The molecule has 1 aromatic heterocycles. The first kappa shape index (κ1) is 11.4. The van der Waals surface area contributed by atoms with E-state index in [0.29, 0.717) is 6.61 Å². The van der Waals surface area contributed by atoms with Gasteiger partial charge in [0.25, 0.3) is 0 Å². The number of rotatable bonds is 1. The molecule has 0 radical (unpaired) electrons. The van der Waals surface area contributed by atoms with Crippen molar-refractivity contribution in [2.24, 2.45) is 0 Å². The van der Waals surface area contributed by atoms with Crippen molar-refractivity contribution < 1.29 is 4.74 Å². The lowest BCUT2D eigenvalue weighted by Crippen LogP contribution is -2.29. The Morgan fingerprint density at radius 3 is 2.78 bits per heavy atom. The highest BCUT2D eigenvalue weighted by atomic mass is 35.5. The van der Waals surface area contributed by atoms with E-state index in [2.05, 4.69) is 9.88 Å². The van der Waals surface area contributed by atoms with Crippen LogP contribution in [0.3, 0.4) is 0 Å². The minimum atomic E-state index is 0.704. The third-order valence-electron chi connectivity index (χ3n) is 3.06. The smallest absolute Gasteiger partial charge is 0.171 e. The van der Waals surface area contributed by atoms with Crippen molar-refractivity contribution in [3.8, 4) is 16.9 Å². The van der Waals surface area contributed by atoms with Gasteiger partial charge in [0.05, 0.1) is 6.54 Å². The van der Waals surface area contributed by atoms with Gasteiger partial charge in [-0.05, 0) is 23.8 Å². The van der Waals surface area contributed by atoms with Crippen molar-refractivity contribution in [1.29, 1.82) is 0 Å². The topological polar surface area (TPSA) is 25.4 Å². The number of anilines is 1. The number of nitrogens with zero attached hydrogens (tertiary/aromatic N) is 2. The van der Waals surface area contributed by atoms with E-state index in [0.717, 1.165) is 34.3 Å². The molecule has 0 saturated carbocycles. The molecule has 1 aromatic carbocycles. The van der Waals surface area contributed by atoms with E-state index < -0.39 is 0 Å². The molecule has 1 aliphatic heterocycles. The number of pyridine rings is 1. The third kappa shape index (κ3) is 2.02. The average molecular weight is 261 g/mol. The summed E-state index contributed by atoms with van der Waals surface area (Å²) in [6.07, 6.45) is 1.87. The highest BCUT2D eigenvalue weighted by Gasteiger charge is 2.16. The van der Waals surface area contributed by atoms with Crippen LogP contribution in [0.1, 0.15) is 0 Å². The number of hydrogen-bond acceptors (Lipinski definition) is 3. The quantitative estimate of drug-likeness (QED) is 0.787. The van der Waals surface area contributed by atoms with Gasteiger partial charge >= 0.3 is 0 Å². The summed E-state index contributed by atoms with van der Waals surface area (Å²) in [5.74, 6) is 1.75. The first-order valence-electron chi connectivity index (χ1n) is 5.84. The van der Waals surface area contributed by atoms with Gasteiger partial charge in [-0.15, -0.1) is 0 Å². The fourth-order valence-corrected chi connectivity index (χ4v) is 2.15. The average Bonchev–Trinajstić information content (AvgIpc) is 2.39. The van der Waals surface area contributed by atoms with Gasteiger partial charge < -0.3 is 9.64 Å². The standard InChI is InChI=1S/C14H13ClN2O/c1-17-6-7-18-13-8-11(9-16-14(13)17)10-2-4-12(15)5-3-10/h2-5,8-9H,6-7H2,1H3. The Labute approximate surface area is 111 Å². The molecule has 2 heterocycles. The Hall–Kier alpha value is -1.74. The maximum absolute atomic E-state index is 5.89. The first-order chi connectivity index (χ1) is 8.74. The van der Waals surface area contributed by atoms with E-state index in [1.807, 2.05) is 43.6 Å². The lowest BCUT2D eigenvalue weighted by atomic mass is 10.1. The molecule has 0 spiro atoms. The first-order valence-corrected chi connectivity index (χ1v) is 6.22. The number of aromatic nitrogens is 1. The Bertz CT molecular complexity index is 569. The summed E-state index contributed by atoms with van der Waals surface area (Å²) in [4.78, 5) is 6.57. The van der Waals surface area contributed by atoms with Crippen molar-refractivity contribution in [2.75, 3.05) is 25.1 Å². The molecule has 0 saturated heterocycles. The van der Waals surface area contributed by atoms with Crippen LogP contribution in [-0.2, 0) is 0 Å². The fraction of sp³-hybridized carbons (Fsp3) is 0.214. The Balaban J connectivity index is 2.01. The van der Waals surface area contributed by atoms with Gasteiger partial charge in [0.15, 0.2) is 11.6 Å². The van der Waals surface area contributed by atoms with Crippen LogP contribution in [0.4, 0.5) is 5.82 Å². The van der Waals surface area contributed by atoms with Gasteiger partial charge in [-0.2, -0.15) is 0 Å². The monoisotopic (exact) mass is 260 g/mol. The second-order valence-electron chi connectivity index (χ2n) is 4.32. The molecule has 92 valence electrons. The summed E-state index contributed by atoms with van der Waals surface area (Å²) < 4.78 is 5.65. The lowest BCUT2D eigenvalue weighted by Gasteiger charge is -2.26. The van der Waals surface area contributed by atoms with Crippen LogP contribution in [-0.4, -0.2) is 25.2 Å². The molecule has 0 N–H and O–H groups in total. The Morgan fingerprint density at radius 2 is 2.00 bits per heavy atom. The SMILES string of the molecule is CN1CCOc2cc(-c3ccc(Cl)cc3)cnc21. The predicted molar refractivity (Wildman–Crippen MR) is 73.4 cm³/mol. The predicted octanol–water partition coefficient (Wildman–Crippen LogP) is 3.23. The van der Waals surface area contributed by atoms with Gasteiger partial charge in [0.2, 0.25) is 0 Å². The maximum atomic E-state index is 5.89. The summed E-state index contributed by atoms with van der Waals surface area (Å²) >= 11 is 5.89. The highest BCUT2D eigenvalue weighted by molar-refractivity contribution is 6.30. The zero-order chi connectivity index (χ0) is 12.5. The normalized spacial score (nSPS) is 14.0. The number of ether oxygens (including phenoxy) is 1. The Kier molecular flexibility index (Phi) is 2.84. The van der Waals surface area contributed by atoms with Gasteiger partial charge in [0.1, 0.15) is 6.61 Å². The van der Waals surface area contributed by atoms with E-state index in [9.17, 15) is 0 Å². The molecule has 0 unspecified atom stereocenters. The largest absolute Gasteiger partial charge is 0.488 e. The van der Waals surface area contributed by atoms with Crippen molar-refractivity contribution >= 4 is 17.4 Å². The van der Waals surface area contributed by atoms with Crippen LogP contribution in [0.15, 0.2) is 36.5 Å². The molecule has 4 heteroatoms. The molecule has 0 atom stereocenters. The molecule has 0 amide bonds. The summed E-state index contributed by atoms with van der Waals surface area (Å²) in [7, 11) is 2.02. The van der Waals surface area contributed by atoms with Crippen LogP contribution in [0.25, 0.3) is 11.1 Å². The van der Waals surface area contributed by atoms with Crippen LogP contribution in [0, 0.1) is 0 Å². The molecule has 1 aliphatic rings. The minimum Gasteiger partial charge on any atom is -0.488 e. The molecule has 2 aromatic rings. The van der Waals surface area contributed by atoms with E-state index in [-0.39, 0.29) is 0 Å². The molecular formula is C14H13ClN2O. The summed E-state index contributed by atoms with van der Waals surface area (Å²) in [6, 6.07) is 9.75. The van der Waals surface area contributed by atoms with Gasteiger partial charge in [-0.1, -0.05) is 23.7 Å². The minimum absolute atomic E-state index is 0.704. The maximum Gasteiger partial charge on any atom is 0.171 e. The highest BCUT2D eigenvalue weighted by Crippen LogP contribution is 2.32. The van der Waals surface area contributed by atoms with Crippen molar-refractivity contribution in [3.63, 3.8) is 0 Å². The second kappa shape index (κ2) is 4.50. The summed E-state index contributed by atoms with van der Waals surface area (Å²) in [5.41, 5.74) is 2.13. The van der Waals surface area contributed by atoms with E-state index in [1.165, 1.54) is 0 Å². The lowest BCUT2D eigenvalue weighted by molar-refractivity contribution is 0.309. The van der Waals surface area contributed by atoms with Gasteiger partial charge in [0, 0.05) is 23.8 Å². The molecule has 18 heavy (non-hydrogen) atoms. The number of benzene rings is 1. The third-order valence-corrected chi connectivity index (χ3v) is 3.31. The summed E-state index contributed by atoms with van der Waals surface area (Å²) in [6.45, 7) is 1.58. The zero-order valence-corrected chi connectivity index (χ0v) is 10.8. The zero-order valence-electron chi connectivity index (χ0n) is 10.1. The molecule has 0 aliphatic carbocycles. The molecular weight excluding hydrogens is 248 g/mol. The molecule has 3 nitrogen and oxygen atoms in total. The molecule has 0 bridgehead atoms. The van der Waals surface area contributed by atoms with Gasteiger partial charge in [-0.25, -0.2) is 4.98 Å². The van der Waals surface area contributed by atoms with E-state index in [4.69, 9.17) is 16.3 Å². The van der Waals surface area contributed by atoms with Crippen LogP contribution in [0.2, 0.25) is 5.02 Å². The van der Waals surface area contributed by atoms with Crippen LogP contribution >= 0.6 is 11.6 Å². The number of fused-ring (bicyclic) bond motifs is 1.